The van der Waals surface area contributed by atoms with Crippen LogP contribution in [0.2, 0.25) is 0 Å². The highest BCUT2D eigenvalue weighted by atomic mass is 32.2. The van der Waals surface area contributed by atoms with Crippen LogP contribution in [0, 0.1) is 13.8 Å². The fraction of sp³-hybridized carbons (Fsp3) is 0.350. The molecule has 0 saturated carbocycles. The predicted octanol–water partition coefficient (Wildman–Crippen LogP) is 2.56. The molecule has 0 spiro atoms. The molecule has 164 valence electrons. The van der Waals surface area contributed by atoms with Gasteiger partial charge in [0.15, 0.2) is 0 Å². The van der Waals surface area contributed by atoms with Crippen molar-refractivity contribution in [3.05, 3.63) is 59.7 Å². The van der Waals surface area contributed by atoms with Crippen LogP contribution in [0.5, 0.6) is 0 Å². The summed E-state index contributed by atoms with van der Waals surface area (Å²) in [4.78, 5) is 12.9. The van der Waals surface area contributed by atoms with Gasteiger partial charge in [-0.25, -0.2) is 0 Å². The maximum atomic E-state index is 12.1. The third-order valence-corrected chi connectivity index (χ3v) is 6.72. The van der Waals surface area contributed by atoms with Gasteiger partial charge >= 0.3 is 0 Å². The van der Waals surface area contributed by atoms with Crippen molar-refractivity contribution < 1.29 is 30.4 Å². The van der Waals surface area contributed by atoms with E-state index in [9.17, 15) is 21.6 Å². The van der Waals surface area contributed by atoms with Crippen molar-refractivity contribution in [3.63, 3.8) is 0 Å². The quantitative estimate of drug-likeness (QED) is 0.556. The first-order chi connectivity index (χ1) is 13.9. The van der Waals surface area contributed by atoms with Gasteiger partial charge in [-0.3, -0.25) is 13.5 Å². The molecule has 1 atom stereocenters. The Labute approximate surface area is 177 Å². The lowest BCUT2D eigenvalue weighted by Crippen LogP contribution is -2.28. The standard InChI is InChI=1S/C13H17NO4S.C7H8O3S/c1-10-3-5-13(6-4-10)19(16,17)18-12-7-8-14(9-12)11(2)15;1-6-2-4-7(5-3-6)11(8,9)10/h3-6,12H,7-9H2,1-2H3;2-5H,1H3,(H,8,9,10)/t12-;/m1./s1. The van der Waals surface area contributed by atoms with Gasteiger partial charge in [-0.2, -0.15) is 16.8 Å². The molecule has 0 aliphatic carbocycles. The van der Waals surface area contributed by atoms with E-state index in [1.165, 1.54) is 31.2 Å². The normalized spacial score (nSPS) is 16.7. The Hall–Kier alpha value is -2.27. The van der Waals surface area contributed by atoms with Crippen LogP contribution in [0.4, 0.5) is 0 Å². The van der Waals surface area contributed by atoms with E-state index in [0.29, 0.717) is 19.5 Å². The zero-order valence-electron chi connectivity index (χ0n) is 17.0. The molecule has 3 rings (SSSR count). The Morgan fingerprint density at radius 2 is 1.40 bits per heavy atom. The maximum absolute atomic E-state index is 12.1. The van der Waals surface area contributed by atoms with Crippen molar-refractivity contribution in [2.75, 3.05) is 13.1 Å². The second-order valence-corrected chi connectivity index (χ2v) is 10.0. The monoisotopic (exact) mass is 455 g/mol. The number of nitrogens with zero attached hydrogens (tertiary/aromatic N) is 1. The minimum Gasteiger partial charge on any atom is -0.340 e. The highest BCUT2D eigenvalue weighted by Gasteiger charge is 2.29. The average molecular weight is 456 g/mol. The number of rotatable bonds is 4. The molecule has 1 heterocycles. The van der Waals surface area contributed by atoms with Crippen LogP contribution in [0.1, 0.15) is 24.5 Å². The molecule has 2 aromatic carbocycles. The zero-order valence-corrected chi connectivity index (χ0v) is 18.6. The fourth-order valence-electron chi connectivity index (χ4n) is 2.74. The molecule has 30 heavy (non-hydrogen) atoms. The van der Waals surface area contributed by atoms with Gasteiger partial charge in [0.05, 0.1) is 15.9 Å². The molecule has 1 amide bonds. The van der Waals surface area contributed by atoms with E-state index in [1.807, 2.05) is 13.8 Å². The number of carbonyl (C=O) groups is 1. The van der Waals surface area contributed by atoms with Crippen molar-refractivity contribution in [2.24, 2.45) is 0 Å². The third kappa shape index (κ3) is 6.91. The van der Waals surface area contributed by atoms with E-state index >= 15 is 0 Å². The molecular weight excluding hydrogens is 430 g/mol. The van der Waals surface area contributed by atoms with Gasteiger partial charge in [-0.15, -0.1) is 0 Å². The van der Waals surface area contributed by atoms with Crippen LogP contribution < -0.4 is 0 Å². The molecule has 1 aliphatic heterocycles. The number of benzene rings is 2. The van der Waals surface area contributed by atoms with Crippen LogP contribution in [-0.4, -0.2) is 51.4 Å². The summed E-state index contributed by atoms with van der Waals surface area (Å²) in [6.07, 6.45) is 0.0974. The molecule has 2 aromatic rings. The summed E-state index contributed by atoms with van der Waals surface area (Å²) in [6, 6.07) is 12.5. The number of aryl methyl sites for hydroxylation is 2. The number of carbonyl (C=O) groups excluding carboxylic acids is 1. The first kappa shape index (κ1) is 24.0. The molecule has 0 radical (unpaired) electrons. The summed E-state index contributed by atoms with van der Waals surface area (Å²) >= 11 is 0. The average Bonchev–Trinajstić information content (AvgIpc) is 3.10. The van der Waals surface area contributed by atoms with E-state index in [1.54, 1.807) is 29.2 Å². The summed E-state index contributed by atoms with van der Waals surface area (Å²) in [5.41, 5.74) is 1.94. The smallest absolute Gasteiger partial charge is 0.297 e. The Bertz CT molecular complexity index is 1080. The maximum Gasteiger partial charge on any atom is 0.297 e. The molecule has 1 aliphatic rings. The second-order valence-electron chi connectivity index (χ2n) is 7.03. The lowest BCUT2D eigenvalue weighted by atomic mass is 10.2. The second kappa shape index (κ2) is 9.69. The van der Waals surface area contributed by atoms with Gasteiger partial charge in [-0.1, -0.05) is 35.4 Å². The highest BCUT2D eigenvalue weighted by molar-refractivity contribution is 7.86. The van der Waals surface area contributed by atoms with Crippen LogP contribution in [0.3, 0.4) is 0 Å². The lowest BCUT2D eigenvalue weighted by Gasteiger charge is -2.14. The SMILES string of the molecule is CC(=O)N1CC[C@@H](OS(=O)(=O)c2ccc(C)cc2)C1.Cc1ccc(S(=O)(=O)O)cc1. The molecule has 1 fully saturated rings. The summed E-state index contributed by atoms with van der Waals surface area (Å²) in [5, 5.41) is 0. The summed E-state index contributed by atoms with van der Waals surface area (Å²) in [5.74, 6) is -0.0566. The molecule has 0 aromatic heterocycles. The molecule has 0 unspecified atom stereocenters. The molecule has 10 heteroatoms. The van der Waals surface area contributed by atoms with E-state index < -0.39 is 26.3 Å². The Kier molecular flexibility index (Phi) is 7.75. The third-order valence-electron chi connectivity index (χ3n) is 4.48. The number of amides is 1. The van der Waals surface area contributed by atoms with Crippen molar-refractivity contribution in [3.8, 4) is 0 Å². The minimum atomic E-state index is -4.02. The van der Waals surface area contributed by atoms with Gasteiger partial charge in [0.2, 0.25) is 5.91 Å². The first-order valence-electron chi connectivity index (χ1n) is 9.18. The summed E-state index contributed by atoms with van der Waals surface area (Å²) < 4.78 is 58.8. The predicted molar refractivity (Wildman–Crippen MR) is 111 cm³/mol. The van der Waals surface area contributed by atoms with Crippen LogP contribution in [0.25, 0.3) is 0 Å². The first-order valence-corrected chi connectivity index (χ1v) is 12.0. The van der Waals surface area contributed by atoms with Gasteiger partial charge in [0, 0.05) is 20.0 Å². The van der Waals surface area contributed by atoms with Gasteiger partial charge in [-0.05, 0) is 44.5 Å². The van der Waals surface area contributed by atoms with Crippen LogP contribution >= 0.6 is 0 Å². The van der Waals surface area contributed by atoms with Crippen molar-refractivity contribution >= 4 is 26.1 Å². The van der Waals surface area contributed by atoms with Crippen LogP contribution in [-0.2, 0) is 29.2 Å². The van der Waals surface area contributed by atoms with Crippen molar-refractivity contribution in [1.82, 2.24) is 4.90 Å². The largest absolute Gasteiger partial charge is 0.340 e. The lowest BCUT2D eigenvalue weighted by molar-refractivity contribution is -0.128. The Morgan fingerprint density at radius 3 is 1.80 bits per heavy atom. The summed E-state index contributed by atoms with van der Waals surface area (Å²) in [6.45, 7) is 6.08. The van der Waals surface area contributed by atoms with Crippen molar-refractivity contribution in [2.45, 2.75) is 43.1 Å². The minimum absolute atomic E-state index is 0.0566. The van der Waals surface area contributed by atoms with E-state index in [4.69, 9.17) is 8.74 Å². The van der Waals surface area contributed by atoms with Gasteiger partial charge in [0.1, 0.15) is 0 Å². The van der Waals surface area contributed by atoms with Crippen molar-refractivity contribution in [1.29, 1.82) is 0 Å². The Morgan fingerprint density at radius 1 is 0.933 bits per heavy atom. The van der Waals surface area contributed by atoms with E-state index in [-0.39, 0.29) is 15.7 Å². The topological polar surface area (TPSA) is 118 Å². The Balaban J connectivity index is 0.000000248. The van der Waals surface area contributed by atoms with Crippen LogP contribution in [0.15, 0.2) is 58.3 Å². The number of likely N-dealkylation sites (tertiary alicyclic amines) is 1. The van der Waals surface area contributed by atoms with E-state index in [0.717, 1.165) is 11.1 Å². The van der Waals surface area contributed by atoms with Gasteiger partial charge in [0.25, 0.3) is 20.2 Å². The van der Waals surface area contributed by atoms with E-state index in [2.05, 4.69) is 0 Å². The number of hydrogen-bond acceptors (Lipinski definition) is 6. The molecular formula is C20H25NO7S2. The fourth-order valence-corrected chi connectivity index (χ4v) is 4.32. The number of hydrogen-bond donors (Lipinski definition) is 1. The summed E-state index contributed by atoms with van der Waals surface area (Å²) in [7, 11) is -7.77. The molecule has 1 N–H and O–H groups in total. The van der Waals surface area contributed by atoms with Gasteiger partial charge < -0.3 is 4.90 Å². The molecule has 1 saturated heterocycles. The molecule has 0 bridgehead atoms. The molecule has 8 nitrogen and oxygen atoms in total. The highest BCUT2D eigenvalue weighted by Crippen LogP contribution is 2.20. The zero-order chi connectivity index (χ0) is 22.5.